The molecule has 0 amide bonds. The number of ether oxygens (including phenoxy) is 7. The molecule has 11 nitrogen and oxygen atoms in total. The molecule has 0 fully saturated rings. The average Bonchev–Trinajstić information content (AvgIpc) is 3.23. The molecule has 0 aliphatic carbocycles. The monoisotopic (exact) mass is 435 g/mol. The molecule has 1 heterocycles. The minimum Gasteiger partial charge on any atom is -0.390 e. The Morgan fingerprint density at radius 1 is 0.667 bits per heavy atom. The fraction of sp³-hybridized carbons (Fsp3) is 0.895. The highest BCUT2D eigenvalue weighted by Crippen LogP contribution is 1.92. The molecule has 0 aliphatic rings. The number of nitrogens with zero attached hydrogens (tertiary/aromatic N) is 3. The van der Waals surface area contributed by atoms with Crippen molar-refractivity contribution in [2.24, 2.45) is 0 Å². The van der Waals surface area contributed by atoms with Crippen LogP contribution >= 0.6 is 0 Å². The molecule has 0 aliphatic heterocycles. The van der Waals surface area contributed by atoms with Gasteiger partial charge in [-0.25, -0.2) is 4.68 Å². The molecule has 11 heteroatoms. The third-order valence-corrected chi connectivity index (χ3v) is 3.65. The highest BCUT2D eigenvalue weighted by atomic mass is 16.6. The van der Waals surface area contributed by atoms with Crippen LogP contribution in [0.25, 0.3) is 0 Å². The van der Waals surface area contributed by atoms with Crippen molar-refractivity contribution in [2.45, 2.75) is 20.1 Å². The molecule has 1 rings (SSSR count). The average molecular weight is 436 g/mol. The largest absolute Gasteiger partial charge is 0.390 e. The maximum atomic E-state index is 8.90. The SMILES string of the molecule is CCOCCOCCOCCOCCOCCOCCOCCn1cc(CO)nn1. The molecule has 1 aromatic heterocycles. The Bertz CT molecular complexity index is 478. The summed E-state index contributed by atoms with van der Waals surface area (Å²) in [5, 5.41) is 16.6. The first kappa shape index (κ1) is 26.9. The second kappa shape index (κ2) is 21.1. The van der Waals surface area contributed by atoms with Crippen LogP contribution in [0.5, 0.6) is 0 Å². The molecule has 0 bridgehead atoms. The van der Waals surface area contributed by atoms with Crippen LogP contribution in [0, 0.1) is 0 Å². The van der Waals surface area contributed by atoms with E-state index >= 15 is 0 Å². The van der Waals surface area contributed by atoms with Gasteiger partial charge in [-0.2, -0.15) is 0 Å². The molecule has 0 saturated heterocycles. The van der Waals surface area contributed by atoms with Crippen LogP contribution in [0.1, 0.15) is 12.6 Å². The molecule has 0 saturated carbocycles. The third-order valence-electron chi connectivity index (χ3n) is 3.65. The quantitative estimate of drug-likeness (QED) is 0.234. The van der Waals surface area contributed by atoms with Crippen molar-refractivity contribution in [1.82, 2.24) is 15.0 Å². The lowest BCUT2D eigenvalue weighted by Crippen LogP contribution is -2.15. The van der Waals surface area contributed by atoms with Crippen molar-refractivity contribution < 1.29 is 38.3 Å². The van der Waals surface area contributed by atoms with E-state index in [4.69, 9.17) is 38.3 Å². The Kier molecular flexibility index (Phi) is 18.9. The fourth-order valence-electron chi connectivity index (χ4n) is 2.14. The predicted octanol–water partition coefficient (Wildman–Crippen LogP) is -0.0935. The number of hydrogen-bond acceptors (Lipinski definition) is 10. The highest BCUT2D eigenvalue weighted by molar-refractivity contribution is 4.88. The molecule has 0 unspecified atom stereocenters. The van der Waals surface area contributed by atoms with Gasteiger partial charge < -0.3 is 38.3 Å². The number of aliphatic hydroxyl groups excluding tert-OH is 1. The van der Waals surface area contributed by atoms with Gasteiger partial charge in [0.15, 0.2) is 0 Å². The Labute approximate surface area is 178 Å². The van der Waals surface area contributed by atoms with Crippen LogP contribution in [0.3, 0.4) is 0 Å². The topological polar surface area (TPSA) is 116 Å². The molecule has 1 N–H and O–H groups in total. The van der Waals surface area contributed by atoms with Crippen LogP contribution in [0.2, 0.25) is 0 Å². The zero-order chi connectivity index (χ0) is 21.5. The van der Waals surface area contributed by atoms with E-state index in [0.29, 0.717) is 105 Å². The van der Waals surface area contributed by atoms with Gasteiger partial charge in [0.05, 0.1) is 105 Å². The van der Waals surface area contributed by atoms with Crippen LogP contribution in [-0.4, -0.2) is 113 Å². The lowest BCUT2D eigenvalue weighted by molar-refractivity contribution is -0.0204. The zero-order valence-electron chi connectivity index (χ0n) is 18.0. The molecule has 0 aromatic carbocycles. The molecule has 0 spiro atoms. The molecular weight excluding hydrogens is 398 g/mol. The van der Waals surface area contributed by atoms with Crippen molar-refractivity contribution in [3.8, 4) is 0 Å². The Morgan fingerprint density at radius 2 is 1.07 bits per heavy atom. The number of aliphatic hydroxyl groups is 1. The van der Waals surface area contributed by atoms with Crippen LogP contribution < -0.4 is 0 Å². The normalized spacial score (nSPS) is 11.4. The van der Waals surface area contributed by atoms with Crippen molar-refractivity contribution in [3.05, 3.63) is 11.9 Å². The van der Waals surface area contributed by atoms with Gasteiger partial charge in [0.1, 0.15) is 5.69 Å². The van der Waals surface area contributed by atoms with Gasteiger partial charge in [0, 0.05) is 6.61 Å². The predicted molar refractivity (Wildman–Crippen MR) is 107 cm³/mol. The lowest BCUT2D eigenvalue weighted by Gasteiger charge is -2.08. The van der Waals surface area contributed by atoms with Gasteiger partial charge in [-0.1, -0.05) is 5.21 Å². The maximum Gasteiger partial charge on any atom is 0.108 e. The van der Waals surface area contributed by atoms with Crippen LogP contribution in [0.4, 0.5) is 0 Å². The molecule has 176 valence electrons. The molecule has 0 atom stereocenters. The van der Waals surface area contributed by atoms with Crippen LogP contribution in [-0.2, 0) is 46.3 Å². The minimum atomic E-state index is -0.108. The van der Waals surface area contributed by atoms with E-state index < -0.39 is 0 Å². The number of rotatable bonds is 23. The van der Waals surface area contributed by atoms with Gasteiger partial charge >= 0.3 is 0 Å². The van der Waals surface area contributed by atoms with Gasteiger partial charge in [-0.3, -0.25) is 0 Å². The zero-order valence-corrected chi connectivity index (χ0v) is 18.0. The van der Waals surface area contributed by atoms with Gasteiger partial charge in [0.25, 0.3) is 0 Å². The molecular formula is C19H37N3O8. The number of hydrogen-bond donors (Lipinski definition) is 1. The first-order valence-electron chi connectivity index (χ1n) is 10.4. The van der Waals surface area contributed by atoms with Crippen molar-refractivity contribution in [1.29, 1.82) is 0 Å². The second-order valence-corrected chi connectivity index (χ2v) is 6.00. The summed E-state index contributed by atoms with van der Waals surface area (Å²) in [6, 6.07) is 0. The number of aromatic nitrogens is 3. The molecule has 0 radical (unpaired) electrons. The van der Waals surface area contributed by atoms with Crippen molar-refractivity contribution in [2.75, 3.05) is 92.5 Å². The van der Waals surface area contributed by atoms with E-state index in [1.165, 1.54) is 0 Å². The third kappa shape index (κ3) is 16.6. The first-order chi connectivity index (χ1) is 14.9. The summed E-state index contributed by atoms with van der Waals surface area (Å²) in [4.78, 5) is 0. The first-order valence-corrected chi connectivity index (χ1v) is 10.4. The Morgan fingerprint density at radius 3 is 1.43 bits per heavy atom. The summed E-state index contributed by atoms with van der Waals surface area (Å²) in [6.45, 7) is 10.2. The highest BCUT2D eigenvalue weighted by Gasteiger charge is 1.99. The second-order valence-electron chi connectivity index (χ2n) is 6.00. The fourth-order valence-corrected chi connectivity index (χ4v) is 2.14. The minimum absolute atomic E-state index is 0.108. The smallest absolute Gasteiger partial charge is 0.108 e. The summed E-state index contributed by atoms with van der Waals surface area (Å²) >= 11 is 0. The maximum absolute atomic E-state index is 8.90. The van der Waals surface area contributed by atoms with Gasteiger partial charge in [0.2, 0.25) is 0 Å². The Balaban J connectivity index is 1.68. The van der Waals surface area contributed by atoms with E-state index in [9.17, 15) is 0 Å². The summed E-state index contributed by atoms with van der Waals surface area (Å²) in [5.41, 5.74) is 0.548. The summed E-state index contributed by atoms with van der Waals surface area (Å²) in [6.07, 6.45) is 1.69. The van der Waals surface area contributed by atoms with E-state index in [0.717, 1.165) is 0 Å². The molecule has 30 heavy (non-hydrogen) atoms. The van der Waals surface area contributed by atoms with Crippen molar-refractivity contribution >= 4 is 0 Å². The van der Waals surface area contributed by atoms with E-state index in [1.807, 2.05) is 6.92 Å². The standard InChI is InChI=1S/C19H37N3O8/c1-2-24-5-6-26-9-10-28-13-14-30-16-15-29-12-11-27-8-7-25-4-3-22-17-19(18-23)20-21-22/h17,23H,2-16,18H2,1H3. The van der Waals surface area contributed by atoms with E-state index in [1.54, 1.807) is 10.9 Å². The van der Waals surface area contributed by atoms with Crippen LogP contribution in [0.15, 0.2) is 6.20 Å². The molecule has 1 aromatic rings. The summed E-state index contributed by atoms with van der Waals surface area (Å²) < 4.78 is 39.2. The van der Waals surface area contributed by atoms with E-state index in [-0.39, 0.29) is 6.61 Å². The summed E-state index contributed by atoms with van der Waals surface area (Å²) in [7, 11) is 0. The van der Waals surface area contributed by atoms with Gasteiger partial charge in [-0.05, 0) is 6.92 Å². The summed E-state index contributed by atoms with van der Waals surface area (Å²) in [5.74, 6) is 0. The van der Waals surface area contributed by atoms with E-state index in [2.05, 4.69) is 10.3 Å². The lowest BCUT2D eigenvalue weighted by atomic mass is 10.5. The van der Waals surface area contributed by atoms with Gasteiger partial charge in [-0.15, -0.1) is 5.10 Å². The Hall–Kier alpha value is -1.18. The van der Waals surface area contributed by atoms with Crippen molar-refractivity contribution in [3.63, 3.8) is 0 Å².